The van der Waals surface area contributed by atoms with Gasteiger partial charge >= 0.3 is 0 Å². The van der Waals surface area contributed by atoms with Crippen molar-refractivity contribution >= 4 is 22.9 Å². The zero-order valence-electron chi connectivity index (χ0n) is 10.9. The second-order valence-electron chi connectivity index (χ2n) is 4.35. The van der Waals surface area contributed by atoms with Crippen molar-refractivity contribution < 1.29 is 4.74 Å². The van der Waals surface area contributed by atoms with Crippen LogP contribution < -0.4 is 4.74 Å². The van der Waals surface area contributed by atoms with Crippen LogP contribution >= 0.6 is 22.9 Å². The molecule has 1 aromatic carbocycles. The van der Waals surface area contributed by atoms with Crippen molar-refractivity contribution in [3.05, 3.63) is 51.2 Å². The van der Waals surface area contributed by atoms with E-state index in [2.05, 4.69) is 26.0 Å². The summed E-state index contributed by atoms with van der Waals surface area (Å²) in [7, 11) is 1.70. The van der Waals surface area contributed by atoms with Gasteiger partial charge in [-0.3, -0.25) is 0 Å². The Morgan fingerprint density at radius 1 is 1.28 bits per heavy atom. The first-order valence-electron chi connectivity index (χ1n) is 5.94. The molecule has 18 heavy (non-hydrogen) atoms. The van der Waals surface area contributed by atoms with E-state index in [-0.39, 0.29) is 5.38 Å². The average Bonchev–Trinajstić information content (AvgIpc) is 2.69. The van der Waals surface area contributed by atoms with Gasteiger partial charge in [-0.15, -0.1) is 22.9 Å². The van der Waals surface area contributed by atoms with Crippen molar-refractivity contribution in [1.29, 1.82) is 0 Å². The maximum absolute atomic E-state index is 6.54. The third-order valence-corrected chi connectivity index (χ3v) is 4.38. The molecule has 3 heteroatoms. The number of ether oxygens (including phenoxy) is 1. The van der Waals surface area contributed by atoms with Gasteiger partial charge in [-0.25, -0.2) is 0 Å². The van der Waals surface area contributed by atoms with Crippen LogP contribution in [0.3, 0.4) is 0 Å². The fourth-order valence-corrected chi connectivity index (χ4v) is 3.58. The molecule has 0 aliphatic rings. The van der Waals surface area contributed by atoms with Gasteiger partial charge in [0.1, 0.15) is 5.75 Å². The number of aryl methyl sites for hydroxylation is 2. The smallest absolute Gasteiger partial charge is 0.122 e. The summed E-state index contributed by atoms with van der Waals surface area (Å²) >= 11 is 8.34. The number of rotatable bonds is 4. The molecule has 1 heterocycles. The molecular formula is C15H17ClOS. The molecule has 2 rings (SSSR count). The number of hydrogen-bond donors (Lipinski definition) is 0. The van der Waals surface area contributed by atoms with Crippen LogP contribution in [0.15, 0.2) is 30.3 Å². The lowest BCUT2D eigenvalue weighted by Crippen LogP contribution is -1.98. The molecule has 0 spiro atoms. The Morgan fingerprint density at radius 2 is 2.00 bits per heavy atom. The Labute approximate surface area is 117 Å². The van der Waals surface area contributed by atoms with E-state index in [1.807, 2.05) is 18.2 Å². The van der Waals surface area contributed by atoms with E-state index in [4.69, 9.17) is 16.3 Å². The molecule has 96 valence electrons. The number of benzene rings is 1. The Hall–Kier alpha value is -0.990. The van der Waals surface area contributed by atoms with Crippen molar-refractivity contribution in [2.45, 2.75) is 25.6 Å². The fourth-order valence-electron chi connectivity index (χ4n) is 2.14. The second-order valence-corrected chi connectivity index (χ2v) is 6.34. The molecule has 0 amide bonds. The molecule has 1 unspecified atom stereocenters. The Bertz CT molecular complexity index is 533. The molecule has 0 aliphatic carbocycles. The molecule has 0 bridgehead atoms. The summed E-state index contributed by atoms with van der Waals surface area (Å²) < 4.78 is 5.36. The summed E-state index contributed by atoms with van der Waals surface area (Å²) in [5.74, 6) is 0.910. The number of alkyl halides is 1. The molecule has 1 nitrogen and oxygen atoms in total. The predicted molar refractivity (Wildman–Crippen MR) is 79.1 cm³/mol. The van der Waals surface area contributed by atoms with E-state index in [1.165, 1.54) is 15.3 Å². The van der Waals surface area contributed by atoms with Crippen LogP contribution in [0.5, 0.6) is 5.75 Å². The highest BCUT2D eigenvalue weighted by molar-refractivity contribution is 7.12. The Balaban J connectivity index is 2.21. The van der Waals surface area contributed by atoms with Crippen LogP contribution in [0.2, 0.25) is 0 Å². The van der Waals surface area contributed by atoms with Gasteiger partial charge in [0.05, 0.1) is 12.5 Å². The van der Waals surface area contributed by atoms with Gasteiger partial charge < -0.3 is 4.74 Å². The maximum Gasteiger partial charge on any atom is 0.122 e. The summed E-state index contributed by atoms with van der Waals surface area (Å²) in [6.45, 7) is 4.25. The predicted octanol–water partition coefficient (Wildman–Crippen LogP) is 4.90. The van der Waals surface area contributed by atoms with Crippen molar-refractivity contribution in [2.24, 2.45) is 0 Å². The van der Waals surface area contributed by atoms with Gasteiger partial charge in [-0.1, -0.05) is 18.2 Å². The van der Waals surface area contributed by atoms with E-state index in [0.717, 1.165) is 17.7 Å². The lowest BCUT2D eigenvalue weighted by molar-refractivity contribution is 0.409. The SMILES string of the molecule is COc1ccccc1CC(Cl)c1cc(C)sc1C. The van der Waals surface area contributed by atoms with Gasteiger partial charge in [0.15, 0.2) is 0 Å². The highest BCUT2D eigenvalue weighted by Crippen LogP contribution is 2.34. The lowest BCUT2D eigenvalue weighted by Gasteiger charge is -2.12. The Kier molecular flexibility index (Phi) is 4.31. The van der Waals surface area contributed by atoms with E-state index >= 15 is 0 Å². The first-order valence-corrected chi connectivity index (χ1v) is 7.20. The highest BCUT2D eigenvalue weighted by Gasteiger charge is 2.15. The third-order valence-electron chi connectivity index (χ3n) is 3.01. The molecule has 1 atom stereocenters. The van der Waals surface area contributed by atoms with E-state index < -0.39 is 0 Å². The number of para-hydroxylation sites is 1. The normalized spacial score (nSPS) is 12.4. The number of thiophene rings is 1. The zero-order chi connectivity index (χ0) is 13.1. The monoisotopic (exact) mass is 280 g/mol. The first kappa shape index (κ1) is 13.4. The lowest BCUT2D eigenvalue weighted by atomic mass is 10.0. The second kappa shape index (κ2) is 5.77. The van der Waals surface area contributed by atoms with Crippen LogP contribution in [0, 0.1) is 13.8 Å². The molecular weight excluding hydrogens is 264 g/mol. The molecule has 0 saturated carbocycles. The van der Waals surface area contributed by atoms with E-state index in [0.29, 0.717) is 0 Å². The van der Waals surface area contributed by atoms with Crippen LogP contribution in [0.25, 0.3) is 0 Å². The minimum Gasteiger partial charge on any atom is -0.496 e. The number of halogens is 1. The number of methoxy groups -OCH3 is 1. The summed E-state index contributed by atoms with van der Waals surface area (Å²) in [6.07, 6.45) is 0.794. The quantitative estimate of drug-likeness (QED) is 0.724. The van der Waals surface area contributed by atoms with Crippen molar-refractivity contribution in [2.75, 3.05) is 7.11 Å². The molecule has 0 fully saturated rings. The topological polar surface area (TPSA) is 9.23 Å². The standard InChI is InChI=1S/C15H17ClOS/c1-10-8-13(11(2)18-10)14(16)9-12-6-4-5-7-15(12)17-3/h4-8,14H,9H2,1-3H3. The number of hydrogen-bond acceptors (Lipinski definition) is 2. The van der Waals surface area contributed by atoms with Crippen molar-refractivity contribution in [1.82, 2.24) is 0 Å². The van der Waals surface area contributed by atoms with Crippen LogP contribution in [-0.2, 0) is 6.42 Å². The molecule has 0 N–H and O–H groups in total. The minimum absolute atomic E-state index is 0.00579. The van der Waals surface area contributed by atoms with Crippen molar-refractivity contribution in [3.63, 3.8) is 0 Å². The Morgan fingerprint density at radius 3 is 2.61 bits per heavy atom. The fraction of sp³-hybridized carbons (Fsp3) is 0.333. The molecule has 0 radical (unpaired) electrons. The summed E-state index contributed by atoms with van der Waals surface area (Å²) in [4.78, 5) is 2.62. The highest BCUT2D eigenvalue weighted by atomic mass is 35.5. The van der Waals surface area contributed by atoms with Crippen LogP contribution in [-0.4, -0.2) is 7.11 Å². The summed E-state index contributed by atoms with van der Waals surface area (Å²) in [5, 5.41) is 0.00579. The summed E-state index contributed by atoms with van der Waals surface area (Å²) in [5.41, 5.74) is 2.40. The third kappa shape index (κ3) is 2.88. The van der Waals surface area contributed by atoms with Gasteiger partial charge in [0, 0.05) is 9.75 Å². The van der Waals surface area contributed by atoms with E-state index in [9.17, 15) is 0 Å². The van der Waals surface area contributed by atoms with Gasteiger partial charge in [-0.05, 0) is 43.5 Å². The summed E-state index contributed by atoms with van der Waals surface area (Å²) in [6, 6.07) is 10.2. The first-order chi connectivity index (χ1) is 8.61. The zero-order valence-corrected chi connectivity index (χ0v) is 12.4. The molecule has 1 aromatic heterocycles. The minimum atomic E-state index is 0.00579. The van der Waals surface area contributed by atoms with Gasteiger partial charge in [0.25, 0.3) is 0 Å². The molecule has 0 aliphatic heterocycles. The van der Waals surface area contributed by atoms with Gasteiger partial charge in [0.2, 0.25) is 0 Å². The largest absolute Gasteiger partial charge is 0.496 e. The molecule has 2 aromatic rings. The van der Waals surface area contributed by atoms with E-state index in [1.54, 1.807) is 18.4 Å². The maximum atomic E-state index is 6.54. The van der Waals surface area contributed by atoms with Crippen LogP contribution in [0.4, 0.5) is 0 Å². The average molecular weight is 281 g/mol. The van der Waals surface area contributed by atoms with Crippen LogP contribution in [0.1, 0.15) is 26.3 Å². The molecule has 0 saturated heterocycles. The van der Waals surface area contributed by atoms with Gasteiger partial charge in [-0.2, -0.15) is 0 Å². The van der Waals surface area contributed by atoms with Crippen molar-refractivity contribution in [3.8, 4) is 5.75 Å².